The highest BCUT2D eigenvalue weighted by Gasteiger charge is 2.19. The average molecular weight is 235 g/mol. The largest absolute Gasteiger partial charge is 0.353 e. The topological polar surface area (TPSA) is 42.2 Å². The van der Waals surface area contributed by atoms with Gasteiger partial charge in [0, 0.05) is 12.5 Å². The number of hydrogen-bond donors (Lipinski definition) is 0. The van der Waals surface area contributed by atoms with Crippen molar-refractivity contribution in [2.45, 2.75) is 57.3 Å². The number of nitrogens with zero attached hydrogens (tertiary/aromatic N) is 1. The maximum atomic E-state index is 8.90. The summed E-state index contributed by atoms with van der Waals surface area (Å²) >= 11 is 0. The standard InChI is InChI=1S/C14H21NO2/c15-11-12-5-3-7-13(8-4-6-12)17-14-9-1-2-10-16-14/h3,7,12-14H,1-2,4-6,8-10H2/b7-3-. The highest BCUT2D eigenvalue weighted by Crippen LogP contribution is 2.22. The van der Waals surface area contributed by atoms with Gasteiger partial charge in [0.1, 0.15) is 0 Å². The molecule has 2 rings (SSSR count). The third-order valence-corrected chi connectivity index (χ3v) is 3.46. The minimum absolute atomic E-state index is 0.00964. The van der Waals surface area contributed by atoms with Crippen LogP contribution >= 0.6 is 0 Å². The highest BCUT2D eigenvalue weighted by molar-refractivity contribution is 4.98. The first-order valence-corrected chi connectivity index (χ1v) is 6.72. The Bertz CT molecular complexity index is 289. The maximum Gasteiger partial charge on any atom is 0.158 e. The van der Waals surface area contributed by atoms with Crippen LogP contribution in [0.4, 0.5) is 0 Å². The van der Waals surface area contributed by atoms with Gasteiger partial charge >= 0.3 is 0 Å². The van der Waals surface area contributed by atoms with Gasteiger partial charge in [0.25, 0.3) is 0 Å². The minimum Gasteiger partial charge on any atom is -0.353 e. The fraction of sp³-hybridized carbons (Fsp3) is 0.786. The van der Waals surface area contributed by atoms with Crippen LogP contribution in [0.5, 0.6) is 0 Å². The second kappa shape index (κ2) is 6.78. The van der Waals surface area contributed by atoms with Gasteiger partial charge < -0.3 is 9.47 Å². The Labute approximate surface area is 103 Å². The van der Waals surface area contributed by atoms with E-state index in [-0.39, 0.29) is 18.3 Å². The lowest BCUT2D eigenvalue weighted by molar-refractivity contribution is -0.179. The van der Waals surface area contributed by atoms with Crippen LogP contribution in [-0.4, -0.2) is 19.0 Å². The summed E-state index contributed by atoms with van der Waals surface area (Å²) in [6.45, 7) is 0.831. The van der Waals surface area contributed by atoms with Crippen molar-refractivity contribution >= 4 is 0 Å². The molecule has 0 bridgehead atoms. The number of rotatable bonds is 2. The molecule has 1 saturated heterocycles. The summed E-state index contributed by atoms with van der Waals surface area (Å²) in [6, 6.07) is 2.35. The van der Waals surface area contributed by atoms with Gasteiger partial charge in [-0.05, 0) is 44.9 Å². The summed E-state index contributed by atoms with van der Waals surface area (Å²) in [4.78, 5) is 0. The van der Waals surface area contributed by atoms with Crippen molar-refractivity contribution in [3.05, 3.63) is 12.2 Å². The van der Waals surface area contributed by atoms with E-state index in [0.717, 1.165) is 45.1 Å². The quantitative estimate of drug-likeness (QED) is 0.690. The first-order valence-electron chi connectivity index (χ1n) is 6.72. The van der Waals surface area contributed by atoms with Crippen molar-refractivity contribution in [3.8, 4) is 6.07 Å². The minimum atomic E-state index is -0.00964. The fourth-order valence-corrected chi connectivity index (χ4v) is 2.42. The van der Waals surface area contributed by atoms with Gasteiger partial charge in [-0.25, -0.2) is 0 Å². The normalized spacial score (nSPS) is 36.5. The molecule has 3 nitrogen and oxygen atoms in total. The second-order valence-electron chi connectivity index (χ2n) is 4.89. The van der Waals surface area contributed by atoms with Gasteiger partial charge in [-0.3, -0.25) is 0 Å². The Kier molecular flexibility index (Phi) is 5.03. The van der Waals surface area contributed by atoms with Crippen molar-refractivity contribution in [2.75, 3.05) is 6.61 Å². The van der Waals surface area contributed by atoms with Crippen LogP contribution in [0.25, 0.3) is 0 Å². The number of nitriles is 1. The molecule has 17 heavy (non-hydrogen) atoms. The molecule has 3 heteroatoms. The van der Waals surface area contributed by atoms with Crippen molar-refractivity contribution in [2.24, 2.45) is 5.92 Å². The lowest BCUT2D eigenvalue weighted by Crippen LogP contribution is -2.27. The Morgan fingerprint density at radius 3 is 2.88 bits per heavy atom. The molecule has 0 N–H and O–H groups in total. The fourth-order valence-electron chi connectivity index (χ4n) is 2.42. The lowest BCUT2D eigenvalue weighted by Gasteiger charge is -2.27. The van der Waals surface area contributed by atoms with Gasteiger partial charge in [0.05, 0.1) is 12.2 Å². The van der Waals surface area contributed by atoms with Crippen molar-refractivity contribution < 1.29 is 9.47 Å². The van der Waals surface area contributed by atoms with Crippen molar-refractivity contribution in [1.29, 1.82) is 5.26 Å². The molecule has 94 valence electrons. The Morgan fingerprint density at radius 1 is 1.18 bits per heavy atom. The molecule has 0 aromatic rings. The smallest absolute Gasteiger partial charge is 0.158 e. The molecule has 0 aromatic carbocycles. The molecule has 0 spiro atoms. The van der Waals surface area contributed by atoms with E-state index in [1.807, 2.05) is 0 Å². The molecule has 3 unspecified atom stereocenters. The SMILES string of the molecule is N#CC1C/C=C\C(OC2CCCCO2)CCC1. The lowest BCUT2D eigenvalue weighted by atomic mass is 9.95. The summed E-state index contributed by atoms with van der Waals surface area (Å²) in [5.41, 5.74) is 0. The molecular formula is C14H21NO2. The van der Waals surface area contributed by atoms with Gasteiger partial charge in [0.2, 0.25) is 0 Å². The first-order chi connectivity index (χ1) is 8.38. The summed E-state index contributed by atoms with van der Waals surface area (Å²) in [7, 11) is 0. The van der Waals surface area contributed by atoms with Crippen LogP contribution < -0.4 is 0 Å². The molecule has 0 amide bonds. The Balaban J connectivity index is 1.80. The summed E-state index contributed by atoms with van der Waals surface area (Å²) in [5, 5.41) is 8.90. The number of hydrogen-bond acceptors (Lipinski definition) is 3. The summed E-state index contributed by atoms with van der Waals surface area (Å²) < 4.78 is 11.5. The van der Waals surface area contributed by atoms with Crippen molar-refractivity contribution in [3.63, 3.8) is 0 Å². The van der Waals surface area contributed by atoms with Crippen LogP contribution in [0.2, 0.25) is 0 Å². The van der Waals surface area contributed by atoms with Crippen LogP contribution in [0, 0.1) is 17.2 Å². The van der Waals surface area contributed by atoms with Crippen LogP contribution in [0.1, 0.15) is 44.9 Å². The van der Waals surface area contributed by atoms with Gasteiger partial charge in [0.15, 0.2) is 6.29 Å². The molecule has 0 radical (unpaired) electrons. The van der Waals surface area contributed by atoms with E-state index in [4.69, 9.17) is 14.7 Å². The molecule has 1 heterocycles. The zero-order chi connectivity index (χ0) is 11.9. The van der Waals surface area contributed by atoms with E-state index >= 15 is 0 Å². The third kappa shape index (κ3) is 4.14. The Morgan fingerprint density at radius 2 is 2.12 bits per heavy atom. The van der Waals surface area contributed by atoms with Crippen LogP contribution in [0.3, 0.4) is 0 Å². The summed E-state index contributed by atoms with van der Waals surface area (Å²) in [6.07, 6.45) is 11.7. The van der Waals surface area contributed by atoms with E-state index < -0.39 is 0 Å². The van der Waals surface area contributed by atoms with Gasteiger partial charge in [-0.1, -0.05) is 12.2 Å². The van der Waals surface area contributed by atoms with Crippen molar-refractivity contribution in [1.82, 2.24) is 0 Å². The Hall–Kier alpha value is -0.850. The molecule has 3 atom stereocenters. The average Bonchev–Trinajstić information content (AvgIpc) is 2.34. The predicted octanol–water partition coefficient (Wildman–Crippen LogP) is 3.17. The molecule has 1 aliphatic heterocycles. The first kappa shape index (κ1) is 12.6. The third-order valence-electron chi connectivity index (χ3n) is 3.46. The zero-order valence-electron chi connectivity index (χ0n) is 10.3. The molecule has 1 aliphatic carbocycles. The maximum absolute atomic E-state index is 8.90. The van der Waals surface area contributed by atoms with Gasteiger partial charge in [-0.15, -0.1) is 0 Å². The second-order valence-corrected chi connectivity index (χ2v) is 4.89. The highest BCUT2D eigenvalue weighted by atomic mass is 16.7. The molecule has 0 aromatic heterocycles. The van der Waals surface area contributed by atoms with E-state index in [0.29, 0.717) is 0 Å². The molecular weight excluding hydrogens is 214 g/mol. The van der Waals surface area contributed by atoms with E-state index in [9.17, 15) is 0 Å². The van der Waals surface area contributed by atoms with Gasteiger partial charge in [-0.2, -0.15) is 5.26 Å². The number of allylic oxidation sites excluding steroid dienone is 1. The predicted molar refractivity (Wildman–Crippen MR) is 65.2 cm³/mol. The van der Waals surface area contributed by atoms with E-state index in [1.165, 1.54) is 6.42 Å². The zero-order valence-corrected chi connectivity index (χ0v) is 10.3. The monoisotopic (exact) mass is 235 g/mol. The van der Waals surface area contributed by atoms with E-state index in [2.05, 4.69) is 18.2 Å². The van der Waals surface area contributed by atoms with Crippen LogP contribution in [0.15, 0.2) is 12.2 Å². The molecule has 0 saturated carbocycles. The molecule has 1 fully saturated rings. The van der Waals surface area contributed by atoms with Crippen LogP contribution in [-0.2, 0) is 9.47 Å². The molecule has 2 aliphatic rings. The summed E-state index contributed by atoms with van der Waals surface area (Å²) in [5.74, 6) is 0.193. The van der Waals surface area contributed by atoms with E-state index in [1.54, 1.807) is 0 Å². The number of ether oxygens (including phenoxy) is 2.